The lowest BCUT2D eigenvalue weighted by molar-refractivity contribution is -0.136. The summed E-state index contributed by atoms with van der Waals surface area (Å²) in [6.45, 7) is 8.98. The van der Waals surface area contributed by atoms with Crippen molar-refractivity contribution in [2.75, 3.05) is 0 Å². The topological polar surface area (TPSA) is 69.7 Å². The molecule has 0 rings (SSSR count). The largest absolute Gasteiger partial charge is 0.435 e. The Morgan fingerprint density at radius 2 is 1.55 bits per heavy atom. The number of rotatable bonds is 14. The Kier molecular flexibility index (Phi) is 15.1. The van der Waals surface area contributed by atoms with E-state index >= 15 is 0 Å². The molecule has 0 aliphatic rings. The Balaban J connectivity index is 4.46. The standard InChI is InChI=1S/C24H36O5/c1-19(2)9-6-10-20(3)11-7-12-23(17-25)13-8-14-24(18-29-22(5)27)15-16-28-21(4)26/h9,11,15-18,23H,6-8,10,12-14H2,1-5H3/b16-15+,20-11+,24-18+/t23-/m0/s1. The van der Waals surface area contributed by atoms with E-state index in [0.29, 0.717) is 6.42 Å². The van der Waals surface area contributed by atoms with E-state index in [2.05, 4.69) is 32.9 Å². The molecule has 0 saturated heterocycles. The molecule has 0 unspecified atom stereocenters. The van der Waals surface area contributed by atoms with Crippen LogP contribution in [-0.4, -0.2) is 18.2 Å². The van der Waals surface area contributed by atoms with Gasteiger partial charge >= 0.3 is 11.9 Å². The van der Waals surface area contributed by atoms with E-state index in [1.807, 2.05) is 0 Å². The van der Waals surface area contributed by atoms with Crippen molar-refractivity contribution in [3.05, 3.63) is 47.5 Å². The highest BCUT2D eigenvalue weighted by molar-refractivity contribution is 5.67. The second kappa shape index (κ2) is 16.5. The average molecular weight is 405 g/mol. The maximum Gasteiger partial charge on any atom is 0.307 e. The molecule has 0 bridgehead atoms. The van der Waals surface area contributed by atoms with Crippen LogP contribution < -0.4 is 0 Å². The molecular formula is C24H36O5. The third kappa shape index (κ3) is 17.4. The van der Waals surface area contributed by atoms with E-state index in [0.717, 1.165) is 50.4 Å². The van der Waals surface area contributed by atoms with Gasteiger partial charge in [0.2, 0.25) is 0 Å². The molecule has 0 aromatic carbocycles. The van der Waals surface area contributed by atoms with Gasteiger partial charge in [-0.3, -0.25) is 9.59 Å². The molecule has 5 nitrogen and oxygen atoms in total. The first-order chi connectivity index (χ1) is 13.7. The minimum absolute atomic E-state index is 0.00394. The van der Waals surface area contributed by atoms with Crippen LogP contribution in [0.2, 0.25) is 0 Å². The van der Waals surface area contributed by atoms with Gasteiger partial charge in [-0.25, -0.2) is 0 Å². The number of esters is 2. The van der Waals surface area contributed by atoms with Gasteiger partial charge in [-0.05, 0) is 77.4 Å². The average Bonchev–Trinajstić information content (AvgIpc) is 2.63. The Hall–Kier alpha value is -2.43. The Bertz CT molecular complexity index is 634. The number of hydrogen-bond acceptors (Lipinski definition) is 5. The van der Waals surface area contributed by atoms with Crippen LogP contribution in [0.1, 0.15) is 79.6 Å². The SMILES string of the molecule is CC(=O)O/C=C/C(=C/OC(C)=O)CCC[C@@H](C=O)CC/C=C(\C)CCC=C(C)C. The third-order valence-corrected chi connectivity index (χ3v) is 4.25. The van der Waals surface area contributed by atoms with Crippen molar-refractivity contribution >= 4 is 18.2 Å². The van der Waals surface area contributed by atoms with Crippen molar-refractivity contribution in [3.63, 3.8) is 0 Å². The Morgan fingerprint density at radius 1 is 0.862 bits per heavy atom. The van der Waals surface area contributed by atoms with Crippen LogP contribution in [0, 0.1) is 5.92 Å². The van der Waals surface area contributed by atoms with Gasteiger partial charge in [0.15, 0.2) is 0 Å². The molecular weight excluding hydrogens is 368 g/mol. The van der Waals surface area contributed by atoms with E-state index in [4.69, 9.17) is 9.47 Å². The first kappa shape index (κ1) is 26.6. The molecule has 0 aromatic rings. The van der Waals surface area contributed by atoms with Crippen LogP contribution in [0.3, 0.4) is 0 Å². The Labute approximate surface area is 175 Å². The van der Waals surface area contributed by atoms with Crippen molar-refractivity contribution < 1.29 is 23.9 Å². The summed E-state index contributed by atoms with van der Waals surface area (Å²) in [4.78, 5) is 33.2. The van der Waals surface area contributed by atoms with Gasteiger partial charge < -0.3 is 14.3 Å². The predicted molar refractivity (Wildman–Crippen MR) is 116 cm³/mol. The fourth-order valence-electron chi connectivity index (χ4n) is 2.64. The highest BCUT2D eigenvalue weighted by Gasteiger charge is 2.07. The van der Waals surface area contributed by atoms with E-state index in [9.17, 15) is 14.4 Å². The summed E-state index contributed by atoms with van der Waals surface area (Å²) in [5.74, 6) is -0.830. The van der Waals surface area contributed by atoms with Gasteiger partial charge in [0.25, 0.3) is 0 Å². The van der Waals surface area contributed by atoms with Gasteiger partial charge in [-0.15, -0.1) is 0 Å². The van der Waals surface area contributed by atoms with Crippen LogP contribution in [-0.2, 0) is 23.9 Å². The predicted octanol–water partition coefficient (Wildman–Crippen LogP) is 5.97. The monoisotopic (exact) mass is 404 g/mol. The van der Waals surface area contributed by atoms with Crippen LogP contribution in [0.5, 0.6) is 0 Å². The lowest BCUT2D eigenvalue weighted by Crippen LogP contribution is -2.02. The maximum atomic E-state index is 11.4. The molecule has 1 atom stereocenters. The molecule has 0 N–H and O–H groups in total. The summed E-state index contributed by atoms with van der Waals surface area (Å²) < 4.78 is 9.69. The number of carbonyl (C=O) groups excluding carboxylic acids is 3. The summed E-state index contributed by atoms with van der Waals surface area (Å²) >= 11 is 0. The zero-order chi connectivity index (χ0) is 22.1. The summed E-state index contributed by atoms with van der Waals surface area (Å²) in [6, 6.07) is 0. The van der Waals surface area contributed by atoms with Crippen LogP contribution in [0.25, 0.3) is 0 Å². The molecule has 5 heteroatoms. The van der Waals surface area contributed by atoms with Gasteiger partial charge in [-0.1, -0.05) is 23.3 Å². The normalized spacial score (nSPS) is 13.1. The summed E-state index contributed by atoms with van der Waals surface area (Å²) in [7, 11) is 0. The summed E-state index contributed by atoms with van der Waals surface area (Å²) in [6.07, 6.45) is 15.7. The van der Waals surface area contributed by atoms with Crippen LogP contribution in [0.15, 0.2) is 47.5 Å². The van der Waals surface area contributed by atoms with Gasteiger partial charge in [0.1, 0.15) is 6.29 Å². The van der Waals surface area contributed by atoms with E-state index in [1.165, 1.54) is 37.5 Å². The zero-order valence-corrected chi connectivity index (χ0v) is 18.5. The molecule has 0 aromatic heterocycles. The Morgan fingerprint density at radius 3 is 2.14 bits per heavy atom. The van der Waals surface area contributed by atoms with Gasteiger partial charge in [0.05, 0.1) is 12.5 Å². The first-order valence-electron chi connectivity index (χ1n) is 10.2. The number of carbonyl (C=O) groups is 3. The third-order valence-electron chi connectivity index (χ3n) is 4.25. The van der Waals surface area contributed by atoms with E-state index in [1.54, 1.807) is 6.08 Å². The lowest BCUT2D eigenvalue weighted by Gasteiger charge is -2.09. The fraction of sp³-hybridized carbons (Fsp3) is 0.542. The molecule has 0 heterocycles. The number of hydrogen-bond donors (Lipinski definition) is 0. The molecule has 29 heavy (non-hydrogen) atoms. The smallest absolute Gasteiger partial charge is 0.307 e. The minimum Gasteiger partial charge on any atom is -0.435 e. The number of aldehydes is 1. The van der Waals surface area contributed by atoms with Crippen molar-refractivity contribution in [3.8, 4) is 0 Å². The lowest BCUT2D eigenvalue weighted by atomic mass is 9.96. The minimum atomic E-state index is -0.418. The zero-order valence-electron chi connectivity index (χ0n) is 18.5. The molecule has 0 fully saturated rings. The van der Waals surface area contributed by atoms with Gasteiger partial charge in [-0.2, -0.15) is 0 Å². The molecule has 0 spiro atoms. The quantitative estimate of drug-likeness (QED) is 0.117. The number of ether oxygens (including phenoxy) is 2. The second-order valence-corrected chi connectivity index (χ2v) is 7.45. The summed E-state index contributed by atoms with van der Waals surface area (Å²) in [5.41, 5.74) is 3.42. The molecule has 0 aliphatic heterocycles. The van der Waals surface area contributed by atoms with Crippen LogP contribution in [0.4, 0.5) is 0 Å². The molecule has 0 aliphatic carbocycles. The highest BCUT2D eigenvalue weighted by atomic mass is 16.5. The molecule has 162 valence electrons. The van der Waals surface area contributed by atoms with Crippen molar-refractivity contribution in [1.29, 1.82) is 0 Å². The van der Waals surface area contributed by atoms with E-state index < -0.39 is 11.9 Å². The highest BCUT2D eigenvalue weighted by Crippen LogP contribution is 2.18. The van der Waals surface area contributed by atoms with Crippen molar-refractivity contribution in [2.24, 2.45) is 5.92 Å². The van der Waals surface area contributed by atoms with Gasteiger partial charge in [0, 0.05) is 19.8 Å². The molecule has 0 amide bonds. The first-order valence-corrected chi connectivity index (χ1v) is 10.2. The molecule has 0 saturated carbocycles. The van der Waals surface area contributed by atoms with E-state index in [-0.39, 0.29) is 5.92 Å². The van der Waals surface area contributed by atoms with Crippen molar-refractivity contribution in [1.82, 2.24) is 0 Å². The molecule has 0 radical (unpaired) electrons. The summed E-state index contributed by atoms with van der Waals surface area (Å²) in [5, 5.41) is 0. The number of allylic oxidation sites excluding steroid dienone is 6. The fourth-order valence-corrected chi connectivity index (χ4v) is 2.64. The maximum absolute atomic E-state index is 11.4. The van der Waals surface area contributed by atoms with Crippen LogP contribution >= 0.6 is 0 Å². The second-order valence-electron chi connectivity index (χ2n) is 7.45. The van der Waals surface area contributed by atoms with Crippen molar-refractivity contribution in [2.45, 2.75) is 79.6 Å².